The minimum Gasteiger partial charge on any atom is -0.345 e. The van der Waals surface area contributed by atoms with Crippen molar-refractivity contribution in [3.05, 3.63) is 16.6 Å². The maximum absolute atomic E-state index is 12.2. The minimum absolute atomic E-state index is 0.0481. The molecular weight excluding hydrogens is 244 g/mol. The van der Waals surface area contributed by atoms with Crippen LogP contribution in [0.15, 0.2) is 11.6 Å². The molecule has 0 aliphatic heterocycles. The summed E-state index contributed by atoms with van der Waals surface area (Å²) in [7, 11) is 0. The summed E-state index contributed by atoms with van der Waals surface area (Å²) in [6.07, 6.45) is 9.55. The number of carbonyl (C=O) groups is 1. The van der Waals surface area contributed by atoms with Gasteiger partial charge in [-0.05, 0) is 56.3 Å². The van der Waals surface area contributed by atoms with E-state index < -0.39 is 0 Å². The molecule has 4 fully saturated rings. The fourth-order valence-corrected chi connectivity index (χ4v) is 5.42. The molecule has 4 saturated carbocycles. The Morgan fingerprint density at radius 3 is 2.33 bits per heavy atom. The average Bonchev–Trinajstić information content (AvgIpc) is 2.79. The molecule has 0 unspecified atom stereocenters. The highest BCUT2D eigenvalue weighted by Crippen LogP contribution is 2.55. The standard InChI is InChI=1S/C14H18N2OS/c17-12(13-15-1-2-18-13)16-14-6-9-3-10(7-14)5-11(4-9)8-14/h1-2,9-11H,3-8H2,(H,16,17). The van der Waals surface area contributed by atoms with Gasteiger partial charge in [0.2, 0.25) is 0 Å². The quantitative estimate of drug-likeness (QED) is 0.890. The number of nitrogens with one attached hydrogen (secondary N) is 1. The minimum atomic E-state index is 0.0481. The first-order chi connectivity index (χ1) is 8.72. The number of hydrogen-bond donors (Lipinski definition) is 1. The Morgan fingerprint density at radius 2 is 1.83 bits per heavy atom. The maximum Gasteiger partial charge on any atom is 0.280 e. The van der Waals surface area contributed by atoms with Crippen LogP contribution < -0.4 is 5.32 Å². The lowest BCUT2D eigenvalue weighted by Gasteiger charge is -2.56. The van der Waals surface area contributed by atoms with Crippen molar-refractivity contribution >= 4 is 17.2 Å². The fourth-order valence-electron chi connectivity index (χ4n) is 4.89. The van der Waals surface area contributed by atoms with Gasteiger partial charge in [0.25, 0.3) is 5.91 Å². The third kappa shape index (κ3) is 1.69. The molecule has 1 amide bonds. The Balaban J connectivity index is 1.56. The first-order valence-corrected chi connectivity index (χ1v) is 7.82. The lowest BCUT2D eigenvalue weighted by Crippen LogP contribution is -2.59. The first-order valence-electron chi connectivity index (χ1n) is 6.94. The van der Waals surface area contributed by atoms with Gasteiger partial charge in [0.05, 0.1) is 0 Å². The van der Waals surface area contributed by atoms with E-state index in [0.717, 1.165) is 17.8 Å². The molecule has 1 aromatic heterocycles. The van der Waals surface area contributed by atoms with Crippen molar-refractivity contribution < 1.29 is 4.79 Å². The fraction of sp³-hybridized carbons (Fsp3) is 0.714. The molecule has 96 valence electrons. The number of thiazole rings is 1. The molecule has 18 heavy (non-hydrogen) atoms. The number of aromatic nitrogens is 1. The van der Waals surface area contributed by atoms with E-state index in [1.54, 1.807) is 6.20 Å². The van der Waals surface area contributed by atoms with Gasteiger partial charge in [0, 0.05) is 17.1 Å². The van der Waals surface area contributed by atoms with Crippen LogP contribution >= 0.6 is 11.3 Å². The third-order valence-corrected chi connectivity index (χ3v) is 5.82. The lowest BCUT2D eigenvalue weighted by molar-refractivity contribution is -0.0167. The van der Waals surface area contributed by atoms with Gasteiger partial charge in [-0.1, -0.05) is 0 Å². The van der Waals surface area contributed by atoms with Crippen molar-refractivity contribution in [2.45, 2.75) is 44.1 Å². The Morgan fingerprint density at radius 1 is 1.22 bits per heavy atom. The molecule has 0 spiro atoms. The van der Waals surface area contributed by atoms with Crippen LogP contribution in [0.1, 0.15) is 48.3 Å². The first kappa shape index (κ1) is 11.0. The topological polar surface area (TPSA) is 42.0 Å². The monoisotopic (exact) mass is 262 g/mol. The van der Waals surface area contributed by atoms with E-state index in [0.29, 0.717) is 5.01 Å². The van der Waals surface area contributed by atoms with Crippen LogP contribution in [0, 0.1) is 17.8 Å². The van der Waals surface area contributed by atoms with Gasteiger partial charge in [-0.15, -0.1) is 11.3 Å². The molecule has 1 heterocycles. The van der Waals surface area contributed by atoms with Crippen molar-refractivity contribution in [3.63, 3.8) is 0 Å². The van der Waals surface area contributed by atoms with E-state index in [9.17, 15) is 4.79 Å². The molecule has 1 N–H and O–H groups in total. The highest BCUT2D eigenvalue weighted by molar-refractivity contribution is 7.11. The zero-order chi connectivity index (χ0) is 12.2. The second-order valence-corrected chi connectivity index (χ2v) is 7.38. The van der Waals surface area contributed by atoms with Crippen LogP contribution in [-0.2, 0) is 0 Å². The summed E-state index contributed by atoms with van der Waals surface area (Å²) >= 11 is 1.44. The molecule has 0 saturated heterocycles. The highest BCUT2D eigenvalue weighted by Gasteiger charge is 2.51. The van der Waals surface area contributed by atoms with Crippen molar-refractivity contribution in [3.8, 4) is 0 Å². The van der Waals surface area contributed by atoms with Crippen LogP contribution in [0.4, 0.5) is 0 Å². The highest BCUT2D eigenvalue weighted by atomic mass is 32.1. The summed E-state index contributed by atoms with van der Waals surface area (Å²) in [4.78, 5) is 16.3. The summed E-state index contributed by atoms with van der Waals surface area (Å²) in [5.74, 6) is 2.65. The van der Waals surface area contributed by atoms with E-state index >= 15 is 0 Å². The maximum atomic E-state index is 12.2. The molecule has 4 aliphatic rings. The van der Waals surface area contributed by atoms with Crippen LogP contribution in [-0.4, -0.2) is 16.4 Å². The molecule has 5 rings (SSSR count). The molecule has 0 aromatic carbocycles. The van der Waals surface area contributed by atoms with Gasteiger partial charge in [0.15, 0.2) is 5.01 Å². The zero-order valence-corrected chi connectivity index (χ0v) is 11.2. The molecular formula is C14H18N2OS. The van der Waals surface area contributed by atoms with Crippen molar-refractivity contribution in [1.29, 1.82) is 0 Å². The molecule has 1 aromatic rings. The normalized spacial score (nSPS) is 41.0. The van der Waals surface area contributed by atoms with Gasteiger partial charge >= 0.3 is 0 Å². The predicted molar refractivity (Wildman–Crippen MR) is 70.5 cm³/mol. The van der Waals surface area contributed by atoms with E-state index in [1.807, 2.05) is 5.38 Å². The molecule has 4 heteroatoms. The molecule has 0 radical (unpaired) electrons. The van der Waals surface area contributed by atoms with Gasteiger partial charge in [0.1, 0.15) is 0 Å². The second-order valence-electron chi connectivity index (χ2n) is 6.49. The number of amides is 1. The number of hydrogen-bond acceptors (Lipinski definition) is 3. The van der Waals surface area contributed by atoms with Gasteiger partial charge in [-0.25, -0.2) is 4.98 Å². The number of carbonyl (C=O) groups excluding carboxylic acids is 1. The van der Waals surface area contributed by atoms with Crippen molar-refractivity contribution in [1.82, 2.24) is 10.3 Å². The summed E-state index contributed by atoms with van der Waals surface area (Å²) in [6, 6.07) is 0. The zero-order valence-electron chi connectivity index (χ0n) is 10.4. The summed E-state index contributed by atoms with van der Waals surface area (Å²) < 4.78 is 0. The molecule has 4 bridgehead atoms. The van der Waals surface area contributed by atoms with Crippen LogP contribution in [0.25, 0.3) is 0 Å². The Labute approximate surface area is 111 Å². The lowest BCUT2D eigenvalue weighted by atomic mass is 9.53. The van der Waals surface area contributed by atoms with E-state index in [2.05, 4.69) is 10.3 Å². The number of nitrogens with zero attached hydrogens (tertiary/aromatic N) is 1. The van der Waals surface area contributed by atoms with E-state index in [-0.39, 0.29) is 11.4 Å². The summed E-state index contributed by atoms with van der Waals surface area (Å²) in [5.41, 5.74) is 0.109. The van der Waals surface area contributed by atoms with Crippen molar-refractivity contribution in [2.24, 2.45) is 17.8 Å². The van der Waals surface area contributed by atoms with Crippen LogP contribution in [0.2, 0.25) is 0 Å². The predicted octanol–water partition coefficient (Wildman–Crippen LogP) is 2.84. The smallest absolute Gasteiger partial charge is 0.280 e. The Hall–Kier alpha value is -0.900. The average molecular weight is 262 g/mol. The largest absolute Gasteiger partial charge is 0.345 e. The van der Waals surface area contributed by atoms with Gasteiger partial charge in [-0.2, -0.15) is 0 Å². The van der Waals surface area contributed by atoms with Gasteiger partial charge < -0.3 is 5.32 Å². The summed E-state index contributed by atoms with van der Waals surface area (Å²) in [6.45, 7) is 0. The van der Waals surface area contributed by atoms with E-state index in [1.165, 1.54) is 49.9 Å². The van der Waals surface area contributed by atoms with Gasteiger partial charge in [-0.3, -0.25) is 4.79 Å². The molecule has 0 atom stereocenters. The SMILES string of the molecule is O=C(NC12CC3CC(CC(C3)C1)C2)c1nccs1. The summed E-state index contributed by atoms with van der Waals surface area (Å²) in [5, 5.41) is 5.82. The third-order valence-electron chi connectivity index (χ3n) is 5.04. The Bertz CT molecular complexity index is 433. The Kier molecular flexibility index (Phi) is 2.31. The molecule has 4 aliphatic carbocycles. The van der Waals surface area contributed by atoms with E-state index in [4.69, 9.17) is 0 Å². The van der Waals surface area contributed by atoms with Crippen LogP contribution in [0.5, 0.6) is 0 Å². The van der Waals surface area contributed by atoms with Crippen LogP contribution in [0.3, 0.4) is 0 Å². The van der Waals surface area contributed by atoms with Crippen molar-refractivity contribution in [2.75, 3.05) is 0 Å². The second kappa shape index (κ2) is 3.80. The number of rotatable bonds is 2. The molecule has 3 nitrogen and oxygen atoms in total.